The molecule has 0 saturated carbocycles. The lowest BCUT2D eigenvalue weighted by Crippen LogP contribution is -2.72. The number of nitrogens with zero attached hydrogens (tertiary/aromatic N) is 3. The van der Waals surface area contributed by atoms with Crippen molar-refractivity contribution in [2.75, 3.05) is 39.8 Å². The quantitative estimate of drug-likeness (QED) is 0.595. The van der Waals surface area contributed by atoms with Gasteiger partial charge in [0.25, 0.3) is 0 Å². The van der Waals surface area contributed by atoms with Crippen LogP contribution in [0.4, 0.5) is 13.2 Å². The molecular weight excluding hydrogens is 423 g/mol. The molecular formula is C19H26F3N3O4S. The Balaban J connectivity index is 1.53. The zero-order chi connectivity index (χ0) is 22.3. The molecule has 2 fully saturated rings. The molecule has 1 aromatic heterocycles. The van der Waals surface area contributed by atoms with Crippen LogP contribution >= 0.6 is 0 Å². The molecule has 0 aromatic carbocycles. The second kappa shape index (κ2) is 8.08. The van der Waals surface area contributed by atoms with Gasteiger partial charge in [-0.25, -0.2) is 13.4 Å². The van der Waals surface area contributed by atoms with E-state index in [0.717, 1.165) is 32.1 Å². The Morgan fingerprint density at radius 3 is 2.43 bits per heavy atom. The summed E-state index contributed by atoms with van der Waals surface area (Å²) in [6, 6.07) is 1.69. The first-order valence-corrected chi connectivity index (χ1v) is 11.1. The summed E-state index contributed by atoms with van der Waals surface area (Å²) in [6.45, 7) is 6.40. The summed E-state index contributed by atoms with van der Waals surface area (Å²) >= 11 is 0. The van der Waals surface area contributed by atoms with Gasteiger partial charge in [0.1, 0.15) is 10.6 Å². The number of carbonyl (C=O) groups excluding carboxylic acids is 1. The fourth-order valence-electron chi connectivity index (χ4n) is 4.22. The Morgan fingerprint density at radius 2 is 1.90 bits per heavy atom. The normalized spacial score (nSPS) is 20.5. The Bertz CT molecular complexity index is 906. The molecule has 2 aliphatic heterocycles. The minimum atomic E-state index is -4.61. The molecule has 0 N–H and O–H groups in total. The van der Waals surface area contributed by atoms with E-state index in [1.807, 2.05) is 0 Å². The smallest absolute Gasteiger partial charge is 0.433 e. The molecule has 1 aromatic rings. The number of sulfonamides is 1. The van der Waals surface area contributed by atoms with E-state index in [1.54, 1.807) is 0 Å². The zero-order valence-electron chi connectivity index (χ0n) is 17.2. The van der Waals surface area contributed by atoms with Crippen LogP contribution in [-0.2, 0) is 25.7 Å². The molecule has 2 aliphatic rings. The lowest BCUT2D eigenvalue weighted by atomic mass is 9.74. The number of aryl methyl sites for hydroxylation is 1. The summed E-state index contributed by atoms with van der Waals surface area (Å²) in [4.78, 5) is 16.7. The number of alkyl halides is 3. The number of hydrogen-bond acceptors (Lipinski definition) is 6. The highest BCUT2D eigenvalue weighted by molar-refractivity contribution is 7.89. The fourth-order valence-corrected chi connectivity index (χ4v) is 6.04. The number of rotatable bonds is 7. The standard InChI is InChI=1S/C19H26F3N3O4S/c1-13(4-7-17(26)29-3)8-24-9-18(10-24)11-25(12-18)30(27,28)15-5-6-16(19(20,21)22)23-14(15)2/h5-6,13H,4,7-12H2,1-3H3. The van der Waals surface area contributed by atoms with Crippen LogP contribution in [0, 0.1) is 18.3 Å². The molecule has 3 rings (SSSR count). The highest BCUT2D eigenvalue weighted by Crippen LogP contribution is 2.43. The first kappa shape index (κ1) is 23.0. The Hall–Kier alpha value is -1.72. The molecule has 1 spiro atoms. The molecule has 0 amide bonds. The summed E-state index contributed by atoms with van der Waals surface area (Å²) in [7, 11) is -2.50. The molecule has 0 bridgehead atoms. The number of pyridine rings is 1. The van der Waals surface area contributed by atoms with Crippen LogP contribution in [0.5, 0.6) is 0 Å². The van der Waals surface area contributed by atoms with Gasteiger partial charge < -0.3 is 9.64 Å². The molecule has 3 heterocycles. The van der Waals surface area contributed by atoms with E-state index >= 15 is 0 Å². The van der Waals surface area contributed by atoms with E-state index < -0.39 is 21.9 Å². The molecule has 7 nitrogen and oxygen atoms in total. The van der Waals surface area contributed by atoms with Crippen LogP contribution in [0.25, 0.3) is 0 Å². The largest absolute Gasteiger partial charge is 0.469 e. The van der Waals surface area contributed by atoms with Crippen molar-refractivity contribution in [3.05, 3.63) is 23.5 Å². The van der Waals surface area contributed by atoms with E-state index in [1.165, 1.54) is 18.3 Å². The van der Waals surface area contributed by atoms with E-state index in [-0.39, 0.29) is 22.0 Å². The number of carbonyl (C=O) groups is 1. The number of halogens is 3. The van der Waals surface area contributed by atoms with Gasteiger partial charge in [0.2, 0.25) is 10.0 Å². The lowest BCUT2D eigenvalue weighted by molar-refractivity contribution is -0.142. The van der Waals surface area contributed by atoms with Gasteiger partial charge in [-0.1, -0.05) is 6.92 Å². The molecule has 1 unspecified atom stereocenters. The third-order valence-electron chi connectivity index (χ3n) is 5.73. The summed E-state index contributed by atoms with van der Waals surface area (Å²) in [5.41, 5.74) is -1.35. The van der Waals surface area contributed by atoms with Crippen LogP contribution in [0.1, 0.15) is 31.2 Å². The molecule has 30 heavy (non-hydrogen) atoms. The number of ether oxygens (including phenoxy) is 1. The summed E-state index contributed by atoms with van der Waals surface area (Å²) in [5.74, 6) is 0.0945. The SMILES string of the molecule is COC(=O)CCC(C)CN1CC2(C1)CN(S(=O)(=O)c1ccc(C(F)(F)F)nc1C)C2. The van der Waals surface area contributed by atoms with Gasteiger partial charge >= 0.3 is 12.1 Å². The van der Waals surface area contributed by atoms with Gasteiger partial charge in [-0.2, -0.15) is 17.5 Å². The van der Waals surface area contributed by atoms with E-state index in [2.05, 4.69) is 21.5 Å². The third-order valence-corrected chi connectivity index (χ3v) is 7.65. The van der Waals surface area contributed by atoms with E-state index in [4.69, 9.17) is 0 Å². The number of methoxy groups -OCH3 is 1. The van der Waals surface area contributed by atoms with Crippen LogP contribution in [0.3, 0.4) is 0 Å². The predicted molar refractivity (Wildman–Crippen MR) is 102 cm³/mol. The van der Waals surface area contributed by atoms with Gasteiger partial charge in [0.05, 0.1) is 12.8 Å². The Labute approximate surface area is 174 Å². The molecule has 1 atom stereocenters. The predicted octanol–water partition coefficient (Wildman–Crippen LogP) is 2.30. The van der Waals surface area contributed by atoms with Crippen LogP contribution in [0.15, 0.2) is 17.0 Å². The highest BCUT2D eigenvalue weighted by atomic mass is 32.2. The van der Waals surface area contributed by atoms with Crippen molar-refractivity contribution in [1.29, 1.82) is 0 Å². The van der Waals surface area contributed by atoms with Crippen LogP contribution < -0.4 is 0 Å². The summed E-state index contributed by atoms with van der Waals surface area (Å²) in [5, 5.41) is 0. The fraction of sp³-hybridized carbons (Fsp3) is 0.684. The van der Waals surface area contributed by atoms with Crippen molar-refractivity contribution in [3.63, 3.8) is 0 Å². The molecule has 2 saturated heterocycles. The average Bonchev–Trinajstić information content (AvgIpc) is 2.59. The second-order valence-electron chi connectivity index (χ2n) is 8.44. The minimum absolute atomic E-state index is 0.0949. The maximum Gasteiger partial charge on any atom is 0.433 e. The second-order valence-corrected chi connectivity index (χ2v) is 10.3. The first-order chi connectivity index (χ1) is 13.9. The van der Waals surface area contributed by atoms with Crippen molar-refractivity contribution >= 4 is 16.0 Å². The number of aromatic nitrogens is 1. The first-order valence-electron chi connectivity index (χ1n) is 9.70. The van der Waals surface area contributed by atoms with Crippen molar-refractivity contribution < 1.29 is 31.1 Å². The molecule has 11 heteroatoms. The summed E-state index contributed by atoms with van der Waals surface area (Å²) in [6.07, 6.45) is -3.50. The van der Waals surface area contributed by atoms with Crippen molar-refractivity contribution in [2.45, 2.75) is 37.8 Å². The van der Waals surface area contributed by atoms with Gasteiger partial charge in [-0.15, -0.1) is 0 Å². The lowest BCUT2D eigenvalue weighted by Gasteiger charge is -2.60. The highest BCUT2D eigenvalue weighted by Gasteiger charge is 2.55. The third kappa shape index (κ3) is 4.62. The zero-order valence-corrected chi connectivity index (χ0v) is 18.0. The van der Waals surface area contributed by atoms with Gasteiger partial charge in [-0.3, -0.25) is 4.79 Å². The number of likely N-dealkylation sites (tertiary alicyclic amines) is 1. The molecule has 168 valence electrons. The van der Waals surface area contributed by atoms with Crippen molar-refractivity contribution in [3.8, 4) is 0 Å². The van der Waals surface area contributed by atoms with Crippen LogP contribution in [-0.4, -0.2) is 68.4 Å². The topological polar surface area (TPSA) is 79.8 Å². The van der Waals surface area contributed by atoms with E-state index in [0.29, 0.717) is 31.5 Å². The Kier molecular flexibility index (Phi) is 6.18. The molecule has 0 radical (unpaired) electrons. The van der Waals surface area contributed by atoms with E-state index in [9.17, 15) is 26.4 Å². The maximum atomic E-state index is 12.8. The van der Waals surface area contributed by atoms with Gasteiger partial charge in [0, 0.05) is 44.6 Å². The Morgan fingerprint density at radius 1 is 1.27 bits per heavy atom. The minimum Gasteiger partial charge on any atom is -0.469 e. The van der Waals surface area contributed by atoms with Gasteiger partial charge in [-0.05, 0) is 31.4 Å². The monoisotopic (exact) mass is 449 g/mol. The van der Waals surface area contributed by atoms with Crippen LogP contribution in [0.2, 0.25) is 0 Å². The number of hydrogen-bond donors (Lipinski definition) is 0. The maximum absolute atomic E-state index is 12.8. The summed E-state index contributed by atoms with van der Waals surface area (Å²) < 4.78 is 69.9. The average molecular weight is 449 g/mol. The van der Waals surface area contributed by atoms with Crippen molar-refractivity contribution in [1.82, 2.24) is 14.2 Å². The number of esters is 1. The molecule has 0 aliphatic carbocycles. The van der Waals surface area contributed by atoms with Crippen molar-refractivity contribution in [2.24, 2.45) is 11.3 Å². The van der Waals surface area contributed by atoms with Gasteiger partial charge in [0.15, 0.2) is 0 Å².